The van der Waals surface area contributed by atoms with Gasteiger partial charge in [-0.2, -0.15) is 0 Å². The minimum Gasteiger partial charge on any atom is -0.376 e. The van der Waals surface area contributed by atoms with Crippen LogP contribution in [0.25, 0.3) is 0 Å². The maximum Gasteiger partial charge on any atom is 0.251 e. The molecule has 124 valence electrons. The van der Waals surface area contributed by atoms with Crippen LogP contribution < -0.4 is 11.1 Å². The predicted octanol–water partition coefficient (Wildman–Crippen LogP) is 0.503. The third kappa shape index (κ3) is 4.92. The molecule has 1 aromatic carbocycles. The Morgan fingerprint density at radius 2 is 1.87 bits per heavy atom. The number of nitrogens with two attached hydrogens (primary N) is 1. The summed E-state index contributed by atoms with van der Waals surface area (Å²) in [6, 6.07) is 7.37. The largest absolute Gasteiger partial charge is 0.376 e. The molecule has 1 heterocycles. The quantitative estimate of drug-likeness (QED) is 0.784. The van der Waals surface area contributed by atoms with Gasteiger partial charge in [-0.05, 0) is 31.3 Å². The number of benzene rings is 1. The van der Waals surface area contributed by atoms with Crippen LogP contribution in [-0.2, 0) is 4.79 Å². The fraction of sp³-hybridized carbons (Fsp3) is 0.438. The molecule has 3 N–H and O–H groups in total. The molecule has 1 aliphatic rings. The molecule has 0 bridgehead atoms. The first kappa shape index (κ1) is 17.2. The summed E-state index contributed by atoms with van der Waals surface area (Å²) in [7, 11) is 0. The minimum atomic E-state index is -0.153. The fourth-order valence-corrected chi connectivity index (χ4v) is 2.69. The molecule has 0 atom stereocenters. The van der Waals surface area contributed by atoms with Gasteiger partial charge in [-0.15, -0.1) is 0 Å². The number of hydrogen-bond acceptors (Lipinski definition) is 3. The molecule has 0 saturated carbocycles. The van der Waals surface area contributed by atoms with Crippen molar-refractivity contribution in [2.24, 2.45) is 5.73 Å². The number of amides is 2. The Morgan fingerprint density at radius 3 is 2.48 bits per heavy atom. The molecule has 23 heavy (non-hydrogen) atoms. The van der Waals surface area contributed by atoms with E-state index in [1.165, 1.54) is 0 Å². The van der Waals surface area contributed by atoms with Gasteiger partial charge in [0, 0.05) is 44.7 Å². The van der Waals surface area contributed by atoms with E-state index in [4.69, 9.17) is 18.0 Å². The highest BCUT2D eigenvalue weighted by atomic mass is 32.1. The van der Waals surface area contributed by atoms with Crippen LogP contribution >= 0.6 is 12.2 Å². The van der Waals surface area contributed by atoms with Crippen molar-refractivity contribution in [1.82, 2.24) is 15.1 Å². The van der Waals surface area contributed by atoms with Crippen molar-refractivity contribution >= 4 is 29.1 Å². The van der Waals surface area contributed by atoms with Crippen molar-refractivity contribution in [1.29, 1.82) is 0 Å². The number of carbonyl (C=O) groups is 2. The number of thiocarbonyl (C=S) groups is 1. The molecule has 0 unspecified atom stereocenters. The standard InChI is InChI=1S/C16H22N4O2S/c1-12-3-2-4-13(11-12)15(22)18-6-5-14(21)19-7-9-20(10-8-19)16(17)23/h2-4,11H,5-10H2,1H3,(H2,17,23)(H,18,22). The summed E-state index contributed by atoms with van der Waals surface area (Å²) in [6.45, 7) is 4.82. The highest BCUT2D eigenvalue weighted by Gasteiger charge is 2.21. The van der Waals surface area contributed by atoms with Crippen LogP contribution in [-0.4, -0.2) is 59.5 Å². The van der Waals surface area contributed by atoms with Crippen molar-refractivity contribution in [3.05, 3.63) is 35.4 Å². The Bertz CT molecular complexity index is 597. The van der Waals surface area contributed by atoms with Crippen LogP contribution in [0, 0.1) is 6.92 Å². The maximum atomic E-state index is 12.1. The molecule has 0 radical (unpaired) electrons. The number of aryl methyl sites for hydroxylation is 1. The lowest BCUT2D eigenvalue weighted by Gasteiger charge is -2.35. The van der Waals surface area contributed by atoms with Crippen molar-refractivity contribution in [3.63, 3.8) is 0 Å². The highest BCUT2D eigenvalue weighted by Crippen LogP contribution is 2.05. The summed E-state index contributed by atoms with van der Waals surface area (Å²) in [6.07, 6.45) is 0.296. The zero-order valence-corrected chi connectivity index (χ0v) is 14.1. The number of hydrogen-bond donors (Lipinski definition) is 2. The molecule has 1 saturated heterocycles. The lowest BCUT2D eigenvalue weighted by atomic mass is 10.1. The molecule has 0 spiro atoms. The Hall–Kier alpha value is -2.15. The van der Waals surface area contributed by atoms with E-state index in [2.05, 4.69) is 5.32 Å². The van der Waals surface area contributed by atoms with E-state index in [0.717, 1.165) is 5.56 Å². The van der Waals surface area contributed by atoms with Gasteiger partial charge in [0.25, 0.3) is 5.91 Å². The molecule has 7 heteroatoms. The predicted molar refractivity (Wildman–Crippen MR) is 93.1 cm³/mol. The van der Waals surface area contributed by atoms with Crippen LogP contribution in [0.1, 0.15) is 22.3 Å². The summed E-state index contributed by atoms with van der Waals surface area (Å²) >= 11 is 4.93. The zero-order chi connectivity index (χ0) is 16.8. The molecule has 6 nitrogen and oxygen atoms in total. The molecule has 2 rings (SSSR count). The molecule has 2 amide bonds. The molecule has 0 aliphatic carbocycles. The van der Waals surface area contributed by atoms with Gasteiger partial charge in [0.15, 0.2) is 5.11 Å². The molecular formula is C16H22N4O2S. The second-order valence-electron chi connectivity index (χ2n) is 5.58. The van der Waals surface area contributed by atoms with Gasteiger partial charge in [0.05, 0.1) is 0 Å². The number of nitrogens with zero attached hydrogens (tertiary/aromatic N) is 2. The van der Waals surface area contributed by atoms with Gasteiger partial charge in [0.2, 0.25) is 5.91 Å². The van der Waals surface area contributed by atoms with Crippen LogP contribution in [0.5, 0.6) is 0 Å². The van der Waals surface area contributed by atoms with Gasteiger partial charge in [0.1, 0.15) is 0 Å². The highest BCUT2D eigenvalue weighted by molar-refractivity contribution is 7.80. The van der Waals surface area contributed by atoms with Gasteiger partial charge in [-0.3, -0.25) is 9.59 Å². The summed E-state index contributed by atoms with van der Waals surface area (Å²) in [5.41, 5.74) is 7.22. The van der Waals surface area contributed by atoms with Crippen LogP contribution in [0.2, 0.25) is 0 Å². The fourth-order valence-electron chi connectivity index (χ4n) is 2.51. The Morgan fingerprint density at radius 1 is 1.22 bits per heavy atom. The van der Waals surface area contributed by atoms with E-state index in [0.29, 0.717) is 49.8 Å². The smallest absolute Gasteiger partial charge is 0.251 e. The molecule has 1 fully saturated rings. The van der Waals surface area contributed by atoms with E-state index < -0.39 is 0 Å². The lowest BCUT2D eigenvalue weighted by Crippen LogP contribution is -2.52. The lowest BCUT2D eigenvalue weighted by molar-refractivity contribution is -0.132. The Labute approximate surface area is 141 Å². The van der Waals surface area contributed by atoms with Crippen molar-refractivity contribution in [2.75, 3.05) is 32.7 Å². The van der Waals surface area contributed by atoms with E-state index in [1.807, 2.05) is 30.0 Å². The zero-order valence-electron chi connectivity index (χ0n) is 13.2. The number of carbonyl (C=O) groups excluding carboxylic acids is 2. The number of nitrogens with one attached hydrogen (secondary N) is 1. The third-order valence-electron chi connectivity index (χ3n) is 3.85. The molecular weight excluding hydrogens is 312 g/mol. The van der Waals surface area contributed by atoms with Gasteiger partial charge in [-0.25, -0.2) is 0 Å². The average Bonchev–Trinajstić information content (AvgIpc) is 2.54. The second-order valence-corrected chi connectivity index (χ2v) is 6.00. The van der Waals surface area contributed by atoms with Crippen molar-refractivity contribution in [3.8, 4) is 0 Å². The van der Waals surface area contributed by atoms with Crippen LogP contribution in [0.15, 0.2) is 24.3 Å². The Balaban J connectivity index is 1.73. The molecule has 0 aromatic heterocycles. The number of rotatable bonds is 4. The van der Waals surface area contributed by atoms with Crippen LogP contribution in [0.4, 0.5) is 0 Å². The van der Waals surface area contributed by atoms with Gasteiger partial charge in [-0.1, -0.05) is 17.7 Å². The van der Waals surface area contributed by atoms with E-state index in [1.54, 1.807) is 11.0 Å². The second kappa shape index (κ2) is 7.92. The minimum absolute atomic E-state index is 0.0390. The molecule has 1 aliphatic heterocycles. The van der Waals surface area contributed by atoms with Crippen molar-refractivity contribution in [2.45, 2.75) is 13.3 Å². The summed E-state index contributed by atoms with van der Waals surface area (Å²) in [5.74, 6) is -0.114. The number of piperazine rings is 1. The molecule has 1 aromatic rings. The summed E-state index contributed by atoms with van der Waals surface area (Å²) in [4.78, 5) is 27.8. The van der Waals surface area contributed by atoms with Crippen molar-refractivity contribution < 1.29 is 9.59 Å². The SMILES string of the molecule is Cc1cccc(C(=O)NCCC(=O)N2CCN(C(N)=S)CC2)c1. The van der Waals surface area contributed by atoms with Gasteiger partial charge < -0.3 is 20.9 Å². The Kier molecular flexibility index (Phi) is 5.92. The van der Waals surface area contributed by atoms with E-state index in [9.17, 15) is 9.59 Å². The van der Waals surface area contributed by atoms with Gasteiger partial charge >= 0.3 is 0 Å². The average molecular weight is 334 g/mol. The summed E-state index contributed by atoms with van der Waals surface area (Å²) in [5, 5.41) is 3.16. The monoisotopic (exact) mass is 334 g/mol. The normalized spacial score (nSPS) is 14.5. The van der Waals surface area contributed by atoms with E-state index >= 15 is 0 Å². The summed E-state index contributed by atoms with van der Waals surface area (Å²) < 4.78 is 0. The first-order chi connectivity index (χ1) is 11.0. The first-order valence-corrected chi connectivity index (χ1v) is 8.05. The first-order valence-electron chi connectivity index (χ1n) is 7.64. The van der Waals surface area contributed by atoms with Crippen LogP contribution in [0.3, 0.4) is 0 Å². The topological polar surface area (TPSA) is 78.7 Å². The van der Waals surface area contributed by atoms with E-state index in [-0.39, 0.29) is 11.8 Å². The third-order valence-corrected chi connectivity index (χ3v) is 4.11. The maximum absolute atomic E-state index is 12.1.